The second-order valence-corrected chi connectivity index (χ2v) is 4.80. The molecule has 21 heavy (non-hydrogen) atoms. The molecule has 1 N–H and O–H groups in total. The maximum atomic E-state index is 12.0. The van der Waals surface area contributed by atoms with E-state index in [1.165, 1.54) is 0 Å². The maximum absolute atomic E-state index is 12.0. The van der Waals surface area contributed by atoms with Gasteiger partial charge in [0.1, 0.15) is 0 Å². The molecular weight excluding hydrogens is 270 g/mol. The largest absolute Gasteiger partial charge is 0.493 e. The number of nitrogens with zero attached hydrogens (tertiary/aromatic N) is 2. The number of hydrogen-bond donors (Lipinski definition) is 1. The number of carbonyl (C=O) groups excluding carboxylic acids is 1. The first kappa shape index (κ1) is 14.9. The molecular formula is C15H19N3O3. The highest BCUT2D eigenvalue weighted by atomic mass is 16.5. The maximum Gasteiger partial charge on any atom is 0.260 e. The predicted octanol–water partition coefficient (Wildman–Crippen LogP) is 1.76. The third-order valence-corrected chi connectivity index (χ3v) is 3.07. The van der Waals surface area contributed by atoms with Crippen molar-refractivity contribution in [3.05, 3.63) is 41.7 Å². The van der Waals surface area contributed by atoms with E-state index in [-0.39, 0.29) is 12.5 Å². The quantitative estimate of drug-likeness (QED) is 0.880. The zero-order chi connectivity index (χ0) is 15.2. The van der Waals surface area contributed by atoms with Crippen molar-refractivity contribution in [1.82, 2.24) is 15.1 Å². The number of H-pyrrole nitrogens is 1. The van der Waals surface area contributed by atoms with Crippen LogP contribution in [0.25, 0.3) is 0 Å². The van der Waals surface area contributed by atoms with Crippen LogP contribution in [0.15, 0.2) is 30.6 Å². The first-order valence-electron chi connectivity index (χ1n) is 6.59. The Bertz CT molecular complexity index is 596. The van der Waals surface area contributed by atoms with Crippen LogP contribution >= 0.6 is 0 Å². The number of aromatic nitrogens is 2. The van der Waals surface area contributed by atoms with Gasteiger partial charge in [-0.3, -0.25) is 9.89 Å². The molecule has 0 saturated heterocycles. The molecule has 0 unspecified atom stereocenters. The predicted molar refractivity (Wildman–Crippen MR) is 78.3 cm³/mol. The highest BCUT2D eigenvalue weighted by Crippen LogP contribution is 2.27. The van der Waals surface area contributed by atoms with Crippen LogP contribution in [-0.4, -0.2) is 41.8 Å². The molecule has 0 saturated carbocycles. The Balaban J connectivity index is 1.91. The Morgan fingerprint density at radius 2 is 2.19 bits per heavy atom. The molecule has 1 heterocycles. The second kappa shape index (κ2) is 6.78. The molecule has 0 bridgehead atoms. The van der Waals surface area contributed by atoms with Gasteiger partial charge in [0.05, 0.1) is 13.3 Å². The molecule has 6 nitrogen and oxygen atoms in total. The van der Waals surface area contributed by atoms with Gasteiger partial charge < -0.3 is 14.4 Å². The molecule has 0 aliphatic carbocycles. The number of hydrogen-bond acceptors (Lipinski definition) is 4. The van der Waals surface area contributed by atoms with E-state index in [1.54, 1.807) is 37.5 Å². The summed E-state index contributed by atoms with van der Waals surface area (Å²) in [5.41, 5.74) is 2.02. The smallest absolute Gasteiger partial charge is 0.260 e. The minimum Gasteiger partial charge on any atom is -0.493 e. The fourth-order valence-corrected chi connectivity index (χ4v) is 1.87. The van der Waals surface area contributed by atoms with E-state index < -0.39 is 0 Å². The molecule has 1 aromatic carbocycles. The number of amides is 1. The average molecular weight is 289 g/mol. The van der Waals surface area contributed by atoms with E-state index in [2.05, 4.69) is 10.2 Å². The van der Waals surface area contributed by atoms with Crippen LogP contribution in [0, 0.1) is 6.92 Å². The molecule has 0 fully saturated rings. The summed E-state index contributed by atoms with van der Waals surface area (Å²) in [6.07, 6.45) is 3.45. The van der Waals surface area contributed by atoms with Gasteiger partial charge in [0.25, 0.3) is 5.91 Å². The summed E-state index contributed by atoms with van der Waals surface area (Å²) in [5.74, 6) is 1.08. The number of ether oxygens (including phenoxy) is 2. The van der Waals surface area contributed by atoms with Gasteiger partial charge >= 0.3 is 0 Å². The van der Waals surface area contributed by atoms with E-state index >= 15 is 0 Å². The van der Waals surface area contributed by atoms with Gasteiger partial charge in [-0.15, -0.1) is 0 Å². The Labute approximate surface area is 123 Å². The van der Waals surface area contributed by atoms with E-state index in [0.29, 0.717) is 18.0 Å². The molecule has 6 heteroatoms. The van der Waals surface area contributed by atoms with E-state index in [4.69, 9.17) is 9.47 Å². The van der Waals surface area contributed by atoms with Crippen molar-refractivity contribution in [3.8, 4) is 11.5 Å². The number of aryl methyl sites for hydroxylation is 1. The Hall–Kier alpha value is -2.50. The van der Waals surface area contributed by atoms with E-state index in [0.717, 1.165) is 11.1 Å². The van der Waals surface area contributed by atoms with Crippen molar-refractivity contribution in [3.63, 3.8) is 0 Å². The summed E-state index contributed by atoms with van der Waals surface area (Å²) in [6.45, 7) is 2.42. The van der Waals surface area contributed by atoms with Crippen molar-refractivity contribution in [2.24, 2.45) is 0 Å². The van der Waals surface area contributed by atoms with Crippen molar-refractivity contribution in [2.45, 2.75) is 13.5 Å². The fraction of sp³-hybridized carbons (Fsp3) is 0.333. The molecule has 112 valence electrons. The standard InChI is InChI=1S/C15H19N3O3/c1-11-4-5-13(14(6-11)20-3)21-10-15(19)18(2)9-12-7-16-17-8-12/h4-8H,9-10H2,1-3H3,(H,16,17). The first-order chi connectivity index (χ1) is 10.1. The highest BCUT2D eigenvalue weighted by molar-refractivity contribution is 5.77. The van der Waals surface area contributed by atoms with Crippen molar-refractivity contribution in [1.29, 1.82) is 0 Å². The van der Waals surface area contributed by atoms with Gasteiger partial charge in [-0.25, -0.2) is 0 Å². The molecule has 0 radical (unpaired) electrons. The number of benzene rings is 1. The number of methoxy groups -OCH3 is 1. The van der Waals surface area contributed by atoms with E-state index in [1.807, 2.05) is 19.1 Å². The summed E-state index contributed by atoms with van der Waals surface area (Å²) in [7, 11) is 3.31. The lowest BCUT2D eigenvalue weighted by Gasteiger charge is -2.17. The summed E-state index contributed by atoms with van der Waals surface area (Å²) in [4.78, 5) is 13.6. The van der Waals surface area contributed by atoms with Crippen LogP contribution in [0.4, 0.5) is 0 Å². The fourth-order valence-electron chi connectivity index (χ4n) is 1.87. The average Bonchev–Trinajstić information content (AvgIpc) is 2.98. The minimum atomic E-state index is -0.112. The van der Waals surface area contributed by atoms with Gasteiger partial charge in [-0.2, -0.15) is 5.10 Å². The lowest BCUT2D eigenvalue weighted by Crippen LogP contribution is -2.30. The Morgan fingerprint density at radius 3 is 2.86 bits per heavy atom. The van der Waals surface area contributed by atoms with Gasteiger partial charge in [0.15, 0.2) is 18.1 Å². The van der Waals surface area contributed by atoms with Crippen molar-refractivity contribution >= 4 is 5.91 Å². The number of nitrogens with one attached hydrogen (secondary N) is 1. The number of aromatic amines is 1. The van der Waals surface area contributed by atoms with Crippen molar-refractivity contribution < 1.29 is 14.3 Å². The van der Waals surface area contributed by atoms with Crippen LogP contribution < -0.4 is 9.47 Å². The molecule has 0 spiro atoms. The molecule has 2 aromatic rings. The van der Waals surface area contributed by atoms with Crippen LogP contribution in [-0.2, 0) is 11.3 Å². The second-order valence-electron chi connectivity index (χ2n) is 4.80. The Kier molecular flexibility index (Phi) is 4.81. The molecule has 0 aliphatic heterocycles. The van der Waals surface area contributed by atoms with Crippen molar-refractivity contribution in [2.75, 3.05) is 20.8 Å². The Morgan fingerprint density at radius 1 is 1.38 bits per heavy atom. The normalized spacial score (nSPS) is 10.2. The summed E-state index contributed by atoms with van der Waals surface area (Å²) in [6, 6.07) is 5.59. The zero-order valence-corrected chi connectivity index (χ0v) is 12.4. The summed E-state index contributed by atoms with van der Waals surface area (Å²) >= 11 is 0. The monoisotopic (exact) mass is 289 g/mol. The van der Waals surface area contributed by atoms with Crippen LogP contribution in [0.3, 0.4) is 0 Å². The van der Waals surface area contributed by atoms with Crippen LogP contribution in [0.1, 0.15) is 11.1 Å². The van der Waals surface area contributed by atoms with Gasteiger partial charge in [-0.1, -0.05) is 6.07 Å². The van der Waals surface area contributed by atoms with Gasteiger partial charge in [0, 0.05) is 25.4 Å². The first-order valence-corrected chi connectivity index (χ1v) is 6.59. The minimum absolute atomic E-state index is 0.0340. The summed E-state index contributed by atoms with van der Waals surface area (Å²) < 4.78 is 10.8. The number of carbonyl (C=O) groups is 1. The zero-order valence-electron chi connectivity index (χ0n) is 12.4. The lowest BCUT2D eigenvalue weighted by molar-refractivity contribution is -0.132. The van der Waals surface area contributed by atoms with E-state index in [9.17, 15) is 4.79 Å². The molecule has 1 aromatic heterocycles. The summed E-state index contributed by atoms with van der Waals surface area (Å²) in [5, 5.41) is 6.56. The topological polar surface area (TPSA) is 67.5 Å². The van der Waals surface area contributed by atoms with Crippen LogP contribution in [0.2, 0.25) is 0 Å². The molecule has 0 aliphatic rings. The number of rotatable bonds is 6. The molecule has 1 amide bonds. The highest BCUT2D eigenvalue weighted by Gasteiger charge is 2.12. The lowest BCUT2D eigenvalue weighted by atomic mass is 10.2. The molecule has 0 atom stereocenters. The van der Waals surface area contributed by atoms with Crippen LogP contribution in [0.5, 0.6) is 11.5 Å². The third kappa shape index (κ3) is 3.98. The SMILES string of the molecule is COc1cc(C)ccc1OCC(=O)N(C)Cc1cn[nH]c1. The van der Waals surface area contributed by atoms with Gasteiger partial charge in [0.2, 0.25) is 0 Å². The number of likely N-dealkylation sites (N-methyl/N-ethyl adjacent to an activating group) is 1. The third-order valence-electron chi connectivity index (χ3n) is 3.07. The molecule has 2 rings (SSSR count). The van der Waals surface area contributed by atoms with Gasteiger partial charge in [-0.05, 0) is 24.6 Å².